The van der Waals surface area contributed by atoms with Crippen LogP contribution in [-0.2, 0) is 16.6 Å². The van der Waals surface area contributed by atoms with Gasteiger partial charge in [-0.15, -0.1) is 0 Å². The molecule has 0 aliphatic carbocycles. The Morgan fingerprint density at radius 3 is 2.74 bits per heavy atom. The fraction of sp³-hybridized carbons (Fsp3) is 0.583. The number of methoxy groups -OCH3 is 1. The number of aromatic nitrogens is 2. The summed E-state index contributed by atoms with van der Waals surface area (Å²) in [5.41, 5.74) is -0.0827. The number of aryl methyl sites for hydroxylation is 1. The lowest BCUT2D eigenvalue weighted by Crippen LogP contribution is -2.33. The molecule has 0 spiro atoms. The predicted octanol–water partition coefficient (Wildman–Crippen LogP) is 1.43. The van der Waals surface area contributed by atoms with Crippen molar-refractivity contribution in [1.29, 1.82) is 0 Å². The molecule has 0 aliphatic heterocycles. The summed E-state index contributed by atoms with van der Waals surface area (Å²) in [5.74, 6) is -0.111. The summed E-state index contributed by atoms with van der Waals surface area (Å²) in [6.45, 7) is 3.98. The van der Waals surface area contributed by atoms with E-state index in [4.69, 9.17) is 16.3 Å². The molecule has 1 rings (SSSR count). The van der Waals surface area contributed by atoms with Crippen LogP contribution in [0.5, 0.6) is 0 Å². The van der Waals surface area contributed by atoms with E-state index in [0.29, 0.717) is 12.1 Å². The van der Waals surface area contributed by atoms with E-state index in [-0.39, 0.29) is 10.9 Å². The average molecular weight is 288 g/mol. The number of nitrogens with zero attached hydrogens (tertiary/aromatic N) is 2. The van der Waals surface area contributed by atoms with E-state index in [2.05, 4.69) is 10.4 Å². The number of esters is 1. The van der Waals surface area contributed by atoms with Crippen molar-refractivity contribution in [2.75, 3.05) is 12.4 Å². The third kappa shape index (κ3) is 3.96. The second kappa shape index (κ2) is 6.56. The number of rotatable bonds is 5. The normalized spacial score (nSPS) is 12.3. The summed E-state index contributed by atoms with van der Waals surface area (Å²) in [5, 5.41) is 6.79. The second-order valence-electron chi connectivity index (χ2n) is 4.65. The molecule has 0 fully saturated rings. The van der Waals surface area contributed by atoms with Crippen molar-refractivity contribution in [2.45, 2.75) is 26.3 Å². The van der Waals surface area contributed by atoms with Crippen molar-refractivity contribution in [2.24, 2.45) is 13.0 Å². The molecule has 1 aromatic heterocycles. The molecule has 0 aromatic carbocycles. The van der Waals surface area contributed by atoms with Gasteiger partial charge < -0.3 is 10.1 Å². The Kier molecular flexibility index (Phi) is 5.35. The van der Waals surface area contributed by atoms with E-state index < -0.39 is 17.6 Å². The molecule has 0 bridgehead atoms. The number of ether oxygens (including phenoxy) is 1. The van der Waals surface area contributed by atoms with E-state index >= 15 is 0 Å². The molecule has 0 saturated heterocycles. The molecule has 6 nitrogen and oxygen atoms in total. The quantitative estimate of drug-likeness (QED) is 0.830. The standard InChI is InChI=1S/C12H18ClN3O3/c1-7(2)5-8(12(18)19-4)15-9-6-14-16(3)11(17)10(9)13/h6-8,15H,5H2,1-4H3. The van der Waals surface area contributed by atoms with E-state index in [0.717, 1.165) is 4.68 Å². The van der Waals surface area contributed by atoms with Gasteiger partial charge in [0.05, 0.1) is 19.0 Å². The molecule has 1 unspecified atom stereocenters. The Morgan fingerprint density at radius 2 is 2.21 bits per heavy atom. The second-order valence-corrected chi connectivity index (χ2v) is 5.03. The highest BCUT2D eigenvalue weighted by Gasteiger charge is 2.22. The topological polar surface area (TPSA) is 73.2 Å². The summed E-state index contributed by atoms with van der Waals surface area (Å²) in [6.07, 6.45) is 1.98. The summed E-state index contributed by atoms with van der Waals surface area (Å²) in [7, 11) is 2.82. The summed E-state index contributed by atoms with van der Waals surface area (Å²) >= 11 is 5.94. The van der Waals surface area contributed by atoms with Crippen molar-refractivity contribution in [3.8, 4) is 0 Å². The summed E-state index contributed by atoms with van der Waals surface area (Å²) < 4.78 is 5.86. The third-order valence-electron chi connectivity index (χ3n) is 2.60. The minimum absolute atomic E-state index is 0.00941. The van der Waals surface area contributed by atoms with Gasteiger partial charge in [0.1, 0.15) is 11.1 Å². The van der Waals surface area contributed by atoms with Gasteiger partial charge in [-0.3, -0.25) is 4.79 Å². The lowest BCUT2D eigenvalue weighted by molar-refractivity contribution is -0.141. The molecule has 0 saturated carbocycles. The molecule has 0 radical (unpaired) electrons. The zero-order valence-corrected chi connectivity index (χ0v) is 12.2. The van der Waals surface area contributed by atoms with Crippen LogP contribution in [0, 0.1) is 5.92 Å². The highest BCUT2D eigenvalue weighted by molar-refractivity contribution is 6.33. The fourth-order valence-corrected chi connectivity index (χ4v) is 1.85. The molecule has 0 amide bonds. The number of carbonyl (C=O) groups excluding carboxylic acids is 1. The maximum absolute atomic E-state index is 11.7. The van der Waals surface area contributed by atoms with E-state index in [1.165, 1.54) is 20.4 Å². The Bertz CT molecular complexity index is 513. The van der Waals surface area contributed by atoms with Crippen LogP contribution in [0.2, 0.25) is 5.02 Å². The molecule has 0 aliphatic rings. The Balaban J connectivity index is 3.00. The van der Waals surface area contributed by atoms with Crippen LogP contribution in [0.1, 0.15) is 20.3 Å². The van der Waals surface area contributed by atoms with E-state index in [1.54, 1.807) is 0 Å². The third-order valence-corrected chi connectivity index (χ3v) is 2.97. The maximum Gasteiger partial charge on any atom is 0.328 e. The number of hydrogen-bond donors (Lipinski definition) is 1. The lowest BCUT2D eigenvalue weighted by atomic mass is 10.0. The van der Waals surface area contributed by atoms with E-state index in [1.807, 2.05) is 13.8 Å². The van der Waals surface area contributed by atoms with Crippen LogP contribution in [-0.4, -0.2) is 28.9 Å². The zero-order chi connectivity index (χ0) is 14.6. The fourth-order valence-electron chi connectivity index (χ4n) is 1.63. The minimum atomic E-state index is -0.559. The van der Waals surface area contributed by atoms with Crippen LogP contribution >= 0.6 is 11.6 Å². The molecule has 1 N–H and O–H groups in total. The highest BCUT2D eigenvalue weighted by atomic mass is 35.5. The number of carbonyl (C=O) groups is 1. The molecular formula is C12H18ClN3O3. The molecule has 1 aromatic rings. The molecule has 1 heterocycles. The zero-order valence-electron chi connectivity index (χ0n) is 11.4. The van der Waals surface area contributed by atoms with Crippen LogP contribution in [0.4, 0.5) is 5.69 Å². The van der Waals surface area contributed by atoms with Crippen molar-refractivity contribution in [3.63, 3.8) is 0 Å². The Morgan fingerprint density at radius 1 is 1.58 bits per heavy atom. The van der Waals surface area contributed by atoms with Crippen molar-refractivity contribution >= 4 is 23.3 Å². The first-order valence-electron chi connectivity index (χ1n) is 5.93. The first-order valence-corrected chi connectivity index (χ1v) is 6.30. The summed E-state index contributed by atoms with van der Waals surface area (Å²) in [4.78, 5) is 23.3. The van der Waals surface area contributed by atoms with Crippen molar-refractivity contribution < 1.29 is 9.53 Å². The van der Waals surface area contributed by atoms with Gasteiger partial charge in [0.2, 0.25) is 0 Å². The van der Waals surface area contributed by atoms with Crippen LogP contribution in [0.25, 0.3) is 0 Å². The monoisotopic (exact) mass is 287 g/mol. The lowest BCUT2D eigenvalue weighted by Gasteiger charge is -2.19. The molecular weight excluding hydrogens is 270 g/mol. The van der Waals surface area contributed by atoms with Gasteiger partial charge >= 0.3 is 5.97 Å². The van der Waals surface area contributed by atoms with Crippen LogP contribution < -0.4 is 10.9 Å². The summed E-state index contributed by atoms with van der Waals surface area (Å²) in [6, 6.07) is -0.559. The van der Waals surface area contributed by atoms with Gasteiger partial charge in [-0.1, -0.05) is 25.4 Å². The number of anilines is 1. The SMILES string of the molecule is COC(=O)C(CC(C)C)Nc1cnn(C)c(=O)c1Cl. The molecule has 19 heavy (non-hydrogen) atoms. The molecule has 106 valence electrons. The Labute approximate surface area is 116 Å². The largest absolute Gasteiger partial charge is 0.467 e. The highest BCUT2D eigenvalue weighted by Crippen LogP contribution is 2.19. The first kappa shape index (κ1) is 15.5. The number of halogens is 1. The van der Waals surface area contributed by atoms with E-state index in [9.17, 15) is 9.59 Å². The van der Waals surface area contributed by atoms with Gasteiger partial charge in [0.15, 0.2) is 0 Å². The number of nitrogens with one attached hydrogen (secondary N) is 1. The molecule has 7 heteroatoms. The Hall–Kier alpha value is -1.56. The first-order chi connectivity index (χ1) is 8.86. The maximum atomic E-state index is 11.7. The predicted molar refractivity (Wildman–Crippen MR) is 73.4 cm³/mol. The van der Waals surface area contributed by atoms with Gasteiger partial charge in [-0.25, -0.2) is 9.48 Å². The van der Waals surface area contributed by atoms with Crippen LogP contribution in [0.3, 0.4) is 0 Å². The molecule has 1 atom stereocenters. The van der Waals surface area contributed by atoms with Gasteiger partial charge in [0.25, 0.3) is 5.56 Å². The minimum Gasteiger partial charge on any atom is -0.467 e. The van der Waals surface area contributed by atoms with Gasteiger partial charge in [-0.2, -0.15) is 5.10 Å². The van der Waals surface area contributed by atoms with Crippen molar-refractivity contribution in [3.05, 3.63) is 21.6 Å². The number of hydrogen-bond acceptors (Lipinski definition) is 5. The smallest absolute Gasteiger partial charge is 0.328 e. The van der Waals surface area contributed by atoms with Gasteiger partial charge in [0, 0.05) is 7.05 Å². The van der Waals surface area contributed by atoms with Gasteiger partial charge in [-0.05, 0) is 12.3 Å². The average Bonchev–Trinajstić information content (AvgIpc) is 2.37. The van der Waals surface area contributed by atoms with Crippen LogP contribution in [0.15, 0.2) is 11.0 Å². The van der Waals surface area contributed by atoms with Crippen molar-refractivity contribution in [1.82, 2.24) is 9.78 Å².